The zero-order chi connectivity index (χ0) is 29.9. The lowest BCUT2D eigenvalue weighted by atomic mass is 10.1. The van der Waals surface area contributed by atoms with Gasteiger partial charge >= 0.3 is 0 Å². The molecule has 0 saturated carbocycles. The number of para-hydroxylation sites is 5. The van der Waals surface area contributed by atoms with Crippen LogP contribution in [0.3, 0.4) is 0 Å². The maximum Gasteiger partial charge on any atom is 0.159 e. The van der Waals surface area contributed by atoms with Gasteiger partial charge in [-0.2, -0.15) is 0 Å². The highest BCUT2D eigenvalue weighted by Gasteiger charge is 2.24. The Hall–Kier alpha value is -6.26. The van der Waals surface area contributed by atoms with Crippen LogP contribution in [0.5, 0.6) is 0 Å². The molecular weight excluding hydrogens is 564 g/mol. The normalized spacial score (nSPS) is 12.3. The van der Waals surface area contributed by atoms with Crippen molar-refractivity contribution in [1.29, 1.82) is 0 Å². The standard InChI is InChI=1S/C42H24N2O2/c1-2-11-25(12-3-1)43-34-23-21-29-27-14-6-9-20-37(27)46-42(29)39(34)31-22-24-33-38(40(31)43)30-15-4-7-17-32(30)44(33)35-18-10-16-28-26-13-5-8-19-36(26)45-41(28)35/h1-24H. The molecule has 214 valence electrons. The average molecular weight is 589 g/mol. The van der Waals surface area contributed by atoms with E-state index in [-0.39, 0.29) is 0 Å². The number of nitrogens with zero attached hydrogens (tertiary/aromatic N) is 2. The number of hydrogen-bond acceptors (Lipinski definition) is 2. The third kappa shape index (κ3) is 2.98. The lowest BCUT2D eigenvalue weighted by Crippen LogP contribution is -1.95. The van der Waals surface area contributed by atoms with Gasteiger partial charge in [0.2, 0.25) is 0 Å². The van der Waals surface area contributed by atoms with Gasteiger partial charge in [-0.1, -0.05) is 84.9 Å². The van der Waals surface area contributed by atoms with Crippen molar-refractivity contribution < 1.29 is 8.83 Å². The van der Waals surface area contributed by atoms with Crippen molar-refractivity contribution in [1.82, 2.24) is 9.13 Å². The third-order valence-electron chi connectivity index (χ3n) is 9.71. The molecule has 4 aromatic heterocycles. The number of fused-ring (bicyclic) bond motifs is 14. The summed E-state index contributed by atoms with van der Waals surface area (Å²) < 4.78 is 18.0. The van der Waals surface area contributed by atoms with Crippen molar-refractivity contribution in [3.05, 3.63) is 146 Å². The van der Waals surface area contributed by atoms with Gasteiger partial charge in [0.05, 0.1) is 33.1 Å². The van der Waals surface area contributed by atoms with Crippen molar-refractivity contribution in [3.63, 3.8) is 0 Å². The van der Waals surface area contributed by atoms with Crippen LogP contribution in [-0.4, -0.2) is 9.13 Å². The zero-order valence-corrected chi connectivity index (χ0v) is 24.6. The quantitative estimate of drug-likeness (QED) is 0.201. The molecule has 0 N–H and O–H groups in total. The van der Waals surface area contributed by atoms with E-state index in [1.165, 1.54) is 21.7 Å². The molecule has 0 spiro atoms. The molecule has 0 aliphatic rings. The lowest BCUT2D eigenvalue weighted by Gasteiger charge is -2.10. The Labute approximate surface area is 261 Å². The minimum absolute atomic E-state index is 0.888. The van der Waals surface area contributed by atoms with E-state index in [4.69, 9.17) is 8.83 Å². The van der Waals surface area contributed by atoms with E-state index in [1.54, 1.807) is 0 Å². The number of rotatable bonds is 2. The molecule has 0 fully saturated rings. The number of benzene rings is 7. The molecular formula is C42H24N2O2. The fourth-order valence-corrected chi connectivity index (χ4v) is 7.83. The van der Waals surface area contributed by atoms with Crippen LogP contribution in [0.25, 0.3) is 98.9 Å². The first-order chi connectivity index (χ1) is 22.8. The first-order valence-electron chi connectivity index (χ1n) is 15.6. The first-order valence-corrected chi connectivity index (χ1v) is 15.6. The molecule has 4 heterocycles. The summed E-state index contributed by atoms with van der Waals surface area (Å²) in [4.78, 5) is 0. The summed E-state index contributed by atoms with van der Waals surface area (Å²) in [7, 11) is 0. The fraction of sp³-hybridized carbons (Fsp3) is 0. The zero-order valence-electron chi connectivity index (χ0n) is 24.6. The van der Waals surface area contributed by atoms with Crippen LogP contribution < -0.4 is 0 Å². The third-order valence-corrected chi connectivity index (χ3v) is 9.71. The largest absolute Gasteiger partial charge is 0.455 e. The molecule has 0 aliphatic heterocycles. The average Bonchev–Trinajstić information content (AvgIpc) is 3.86. The Kier molecular flexibility index (Phi) is 4.55. The molecule has 0 amide bonds. The van der Waals surface area contributed by atoms with E-state index in [1.807, 2.05) is 18.2 Å². The summed E-state index contributed by atoms with van der Waals surface area (Å²) in [6.45, 7) is 0. The Morgan fingerprint density at radius 1 is 0.348 bits per heavy atom. The molecule has 4 nitrogen and oxygen atoms in total. The smallest absolute Gasteiger partial charge is 0.159 e. The molecule has 0 saturated heterocycles. The molecule has 4 heteroatoms. The second-order valence-corrected chi connectivity index (χ2v) is 12.1. The highest BCUT2D eigenvalue weighted by atomic mass is 16.3. The number of aromatic nitrogens is 2. The molecule has 11 rings (SSSR count). The van der Waals surface area contributed by atoms with Crippen LogP contribution in [-0.2, 0) is 0 Å². The highest BCUT2D eigenvalue weighted by molar-refractivity contribution is 6.31. The van der Waals surface area contributed by atoms with Gasteiger partial charge < -0.3 is 18.0 Å². The van der Waals surface area contributed by atoms with Gasteiger partial charge in [-0.3, -0.25) is 0 Å². The molecule has 0 aliphatic carbocycles. The van der Waals surface area contributed by atoms with E-state index in [2.05, 4.69) is 137 Å². The molecule has 46 heavy (non-hydrogen) atoms. The van der Waals surface area contributed by atoms with E-state index in [9.17, 15) is 0 Å². The molecule has 0 radical (unpaired) electrons. The Morgan fingerprint density at radius 2 is 0.935 bits per heavy atom. The summed E-state index contributed by atoms with van der Waals surface area (Å²) in [5.41, 5.74) is 10.3. The summed E-state index contributed by atoms with van der Waals surface area (Å²) in [5, 5.41) is 9.20. The van der Waals surface area contributed by atoms with Crippen molar-refractivity contribution in [3.8, 4) is 11.4 Å². The predicted octanol–water partition coefficient (Wildman–Crippen LogP) is 11.7. The monoisotopic (exact) mass is 588 g/mol. The second kappa shape index (κ2) is 8.68. The molecule has 11 aromatic rings. The van der Waals surface area contributed by atoms with Crippen LogP contribution in [0, 0.1) is 0 Å². The minimum atomic E-state index is 0.888. The number of furan rings is 2. The minimum Gasteiger partial charge on any atom is -0.455 e. The van der Waals surface area contributed by atoms with Gasteiger partial charge in [-0.15, -0.1) is 0 Å². The maximum atomic E-state index is 6.64. The van der Waals surface area contributed by atoms with Crippen LogP contribution in [0.4, 0.5) is 0 Å². The van der Waals surface area contributed by atoms with Crippen molar-refractivity contribution in [2.45, 2.75) is 0 Å². The van der Waals surface area contributed by atoms with E-state index in [0.29, 0.717) is 0 Å². The van der Waals surface area contributed by atoms with E-state index < -0.39 is 0 Å². The van der Waals surface area contributed by atoms with Gasteiger partial charge in [0.15, 0.2) is 5.58 Å². The van der Waals surface area contributed by atoms with E-state index >= 15 is 0 Å². The van der Waals surface area contributed by atoms with E-state index in [0.717, 1.165) is 77.2 Å². The highest BCUT2D eigenvalue weighted by Crippen LogP contribution is 2.46. The second-order valence-electron chi connectivity index (χ2n) is 12.1. The topological polar surface area (TPSA) is 36.1 Å². The van der Waals surface area contributed by atoms with Crippen LogP contribution in [0.15, 0.2) is 154 Å². The first kappa shape index (κ1) is 24.1. The summed E-state index contributed by atoms with van der Waals surface area (Å²) >= 11 is 0. The predicted molar refractivity (Wildman–Crippen MR) is 190 cm³/mol. The van der Waals surface area contributed by atoms with Gasteiger partial charge in [-0.25, -0.2) is 0 Å². The lowest BCUT2D eigenvalue weighted by molar-refractivity contribution is 0.666. The molecule has 0 atom stereocenters. The van der Waals surface area contributed by atoms with Crippen LogP contribution >= 0.6 is 0 Å². The fourth-order valence-electron chi connectivity index (χ4n) is 7.83. The Balaban J connectivity index is 1.37. The van der Waals surface area contributed by atoms with Crippen molar-refractivity contribution in [2.75, 3.05) is 0 Å². The van der Waals surface area contributed by atoms with Gasteiger partial charge in [-0.05, 0) is 60.7 Å². The molecule has 7 aromatic carbocycles. The van der Waals surface area contributed by atoms with Crippen LogP contribution in [0.2, 0.25) is 0 Å². The number of hydrogen-bond donors (Lipinski definition) is 0. The maximum absolute atomic E-state index is 6.64. The SMILES string of the molecule is c1ccc(-n2c3ccc4c5ccccc5oc4c3c3ccc4c(c5ccccc5n4-c4cccc5c4oc4ccccc45)c32)cc1. The van der Waals surface area contributed by atoms with Gasteiger partial charge in [0.25, 0.3) is 0 Å². The summed E-state index contributed by atoms with van der Waals surface area (Å²) in [5.74, 6) is 0. The van der Waals surface area contributed by atoms with Crippen molar-refractivity contribution in [2.24, 2.45) is 0 Å². The summed E-state index contributed by atoms with van der Waals surface area (Å²) in [6, 6.07) is 51.5. The van der Waals surface area contributed by atoms with Gasteiger partial charge in [0.1, 0.15) is 16.7 Å². The molecule has 0 bridgehead atoms. The van der Waals surface area contributed by atoms with Gasteiger partial charge in [0, 0.05) is 43.4 Å². The van der Waals surface area contributed by atoms with Crippen molar-refractivity contribution >= 4 is 87.5 Å². The Morgan fingerprint density at radius 3 is 1.72 bits per heavy atom. The molecule has 0 unspecified atom stereocenters. The summed E-state index contributed by atoms with van der Waals surface area (Å²) in [6.07, 6.45) is 0. The Bertz CT molecular complexity index is 3020. The van der Waals surface area contributed by atoms with Crippen LogP contribution in [0.1, 0.15) is 0 Å².